The molecule has 3 aromatic rings. The fourth-order valence-electron chi connectivity index (χ4n) is 3.37. The van der Waals surface area contributed by atoms with E-state index in [1.807, 2.05) is 30.3 Å². The van der Waals surface area contributed by atoms with Crippen LogP contribution in [-0.2, 0) is 0 Å². The molecule has 5 nitrogen and oxygen atoms in total. The molecule has 1 aliphatic rings. The lowest BCUT2D eigenvalue weighted by Gasteiger charge is -2.11. The molecule has 26 heavy (non-hydrogen) atoms. The van der Waals surface area contributed by atoms with Crippen LogP contribution in [0.2, 0.25) is 0 Å². The molecule has 1 atom stereocenters. The van der Waals surface area contributed by atoms with Gasteiger partial charge in [0.1, 0.15) is 5.82 Å². The van der Waals surface area contributed by atoms with Gasteiger partial charge in [-0.3, -0.25) is 0 Å². The molecule has 4 rings (SSSR count). The summed E-state index contributed by atoms with van der Waals surface area (Å²) in [5, 5.41) is 7.02. The van der Waals surface area contributed by atoms with Gasteiger partial charge in [0, 0.05) is 31.6 Å². The Balaban J connectivity index is 1.56. The van der Waals surface area contributed by atoms with Gasteiger partial charge < -0.3 is 9.84 Å². The standard InChI is InChI=1S/C19H18F2N4O/c1-22-16-15(3-2-10-23-16)17-24-18(26-25-17)13-6-4-12(5-7-13)14-8-9-19(20,21)11-14/h2-7,10,14H,8-9,11H2,1H3,(H,22,23)/t14-/m1/s1. The largest absolute Gasteiger partial charge is 0.373 e. The van der Waals surface area contributed by atoms with Crippen LogP contribution in [0.4, 0.5) is 14.6 Å². The number of hydrogen-bond donors (Lipinski definition) is 1. The van der Waals surface area contributed by atoms with E-state index in [0.29, 0.717) is 24.0 Å². The molecule has 2 heterocycles. The highest BCUT2D eigenvalue weighted by molar-refractivity contribution is 5.70. The lowest BCUT2D eigenvalue weighted by atomic mass is 9.96. The van der Waals surface area contributed by atoms with E-state index in [2.05, 4.69) is 20.4 Å². The zero-order valence-corrected chi connectivity index (χ0v) is 14.2. The van der Waals surface area contributed by atoms with Crippen molar-refractivity contribution in [2.45, 2.75) is 31.1 Å². The number of alkyl halides is 2. The van der Waals surface area contributed by atoms with Crippen LogP contribution in [0.5, 0.6) is 0 Å². The van der Waals surface area contributed by atoms with E-state index in [0.717, 1.165) is 16.7 Å². The highest BCUT2D eigenvalue weighted by atomic mass is 19.3. The van der Waals surface area contributed by atoms with E-state index >= 15 is 0 Å². The van der Waals surface area contributed by atoms with E-state index in [9.17, 15) is 8.78 Å². The van der Waals surface area contributed by atoms with Crippen molar-refractivity contribution in [1.29, 1.82) is 0 Å². The second kappa shape index (κ2) is 6.48. The van der Waals surface area contributed by atoms with E-state index in [1.54, 1.807) is 19.3 Å². The first kappa shape index (κ1) is 16.6. The molecular weight excluding hydrogens is 338 g/mol. The molecule has 0 bridgehead atoms. The molecule has 0 amide bonds. The fraction of sp³-hybridized carbons (Fsp3) is 0.316. The lowest BCUT2D eigenvalue weighted by molar-refractivity contribution is 0.00777. The Bertz CT molecular complexity index is 908. The minimum Gasteiger partial charge on any atom is -0.373 e. The molecule has 2 aromatic heterocycles. The number of nitrogens with one attached hydrogen (secondary N) is 1. The van der Waals surface area contributed by atoms with Crippen LogP contribution in [0, 0.1) is 0 Å². The van der Waals surface area contributed by atoms with Gasteiger partial charge in [-0.25, -0.2) is 13.8 Å². The predicted octanol–water partition coefficient (Wildman–Crippen LogP) is 4.74. The van der Waals surface area contributed by atoms with Gasteiger partial charge >= 0.3 is 0 Å². The SMILES string of the molecule is CNc1ncccc1-c1noc(-c2ccc([C@@H]3CCC(F)(F)C3)cc2)n1. The second-order valence-electron chi connectivity index (χ2n) is 6.49. The van der Waals surface area contributed by atoms with Gasteiger partial charge in [-0.2, -0.15) is 4.98 Å². The average molecular weight is 356 g/mol. The molecule has 134 valence electrons. The van der Waals surface area contributed by atoms with E-state index in [4.69, 9.17) is 4.52 Å². The molecule has 0 unspecified atom stereocenters. The van der Waals surface area contributed by atoms with Gasteiger partial charge in [-0.15, -0.1) is 0 Å². The molecule has 0 radical (unpaired) electrons. The summed E-state index contributed by atoms with van der Waals surface area (Å²) in [6.07, 6.45) is 2.09. The Morgan fingerprint density at radius 2 is 2.00 bits per heavy atom. The normalized spacial score (nSPS) is 18.8. The van der Waals surface area contributed by atoms with Crippen molar-refractivity contribution in [1.82, 2.24) is 15.1 Å². The van der Waals surface area contributed by atoms with Crippen LogP contribution in [0.3, 0.4) is 0 Å². The fourth-order valence-corrected chi connectivity index (χ4v) is 3.37. The summed E-state index contributed by atoms with van der Waals surface area (Å²) in [7, 11) is 1.78. The topological polar surface area (TPSA) is 63.8 Å². The molecule has 7 heteroatoms. The molecule has 1 aromatic carbocycles. The average Bonchev–Trinajstić information content (AvgIpc) is 3.28. The Kier molecular flexibility index (Phi) is 4.14. The molecule has 1 aliphatic carbocycles. The van der Waals surface area contributed by atoms with Crippen LogP contribution in [-0.4, -0.2) is 28.1 Å². The number of pyridine rings is 1. The number of rotatable bonds is 4. The molecule has 1 fully saturated rings. The Morgan fingerprint density at radius 1 is 1.19 bits per heavy atom. The summed E-state index contributed by atoms with van der Waals surface area (Å²) < 4.78 is 32.2. The van der Waals surface area contributed by atoms with Crippen LogP contribution < -0.4 is 5.32 Å². The summed E-state index contributed by atoms with van der Waals surface area (Å²) in [6.45, 7) is 0. The Labute approximate surface area is 149 Å². The van der Waals surface area contributed by atoms with Crippen LogP contribution in [0.15, 0.2) is 47.1 Å². The maximum absolute atomic E-state index is 13.4. The van der Waals surface area contributed by atoms with Crippen molar-refractivity contribution in [3.8, 4) is 22.8 Å². The van der Waals surface area contributed by atoms with Gasteiger partial charge in [-0.05, 0) is 42.2 Å². The van der Waals surface area contributed by atoms with Crippen LogP contribution in [0.1, 0.15) is 30.7 Å². The Morgan fingerprint density at radius 3 is 2.69 bits per heavy atom. The zero-order chi connectivity index (χ0) is 18.1. The first-order chi connectivity index (χ1) is 12.6. The highest BCUT2D eigenvalue weighted by Gasteiger charge is 2.39. The first-order valence-electron chi connectivity index (χ1n) is 8.51. The Hall–Kier alpha value is -2.83. The van der Waals surface area contributed by atoms with Gasteiger partial charge in [0.15, 0.2) is 0 Å². The summed E-state index contributed by atoms with van der Waals surface area (Å²) in [5.41, 5.74) is 2.43. The molecular formula is C19H18F2N4O. The van der Waals surface area contributed by atoms with Crippen LogP contribution in [0.25, 0.3) is 22.8 Å². The number of halogens is 2. The number of hydrogen-bond acceptors (Lipinski definition) is 5. The van der Waals surface area contributed by atoms with Crippen molar-refractivity contribution < 1.29 is 13.3 Å². The molecule has 1 saturated carbocycles. The van der Waals surface area contributed by atoms with E-state index < -0.39 is 5.92 Å². The molecule has 1 N–H and O–H groups in total. The molecule has 0 spiro atoms. The maximum atomic E-state index is 13.4. The summed E-state index contributed by atoms with van der Waals surface area (Å²) >= 11 is 0. The third kappa shape index (κ3) is 3.16. The zero-order valence-electron chi connectivity index (χ0n) is 14.2. The van der Waals surface area contributed by atoms with Gasteiger partial charge in [0.25, 0.3) is 5.89 Å². The smallest absolute Gasteiger partial charge is 0.258 e. The second-order valence-corrected chi connectivity index (χ2v) is 6.49. The van der Waals surface area contributed by atoms with Crippen molar-refractivity contribution in [2.24, 2.45) is 0 Å². The summed E-state index contributed by atoms with van der Waals surface area (Å²) in [5.74, 6) is -1.14. The summed E-state index contributed by atoms with van der Waals surface area (Å²) in [6, 6.07) is 11.1. The molecule has 0 saturated heterocycles. The number of nitrogens with zero attached hydrogens (tertiary/aromatic N) is 3. The van der Waals surface area contributed by atoms with Gasteiger partial charge in [0.2, 0.25) is 11.7 Å². The number of benzene rings is 1. The van der Waals surface area contributed by atoms with E-state index in [-0.39, 0.29) is 18.8 Å². The van der Waals surface area contributed by atoms with Crippen molar-refractivity contribution >= 4 is 5.82 Å². The van der Waals surface area contributed by atoms with Crippen LogP contribution >= 0.6 is 0 Å². The third-order valence-electron chi connectivity index (χ3n) is 4.74. The van der Waals surface area contributed by atoms with Crippen molar-refractivity contribution in [2.75, 3.05) is 12.4 Å². The highest BCUT2D eigenvalue weighted by Crippen LogP contribution is 2.44. The predicted molar refractivity (Wildman–Crippen MR) is 94.1 cm³/mol. The van der Waals surface area contributed by atoms with E-state index in [1.165, 1.54) is 0 Å². The van der Waals surface area contributed by atoms with Gasteiger partial charge in [0.05, 0.1) is 5.56 Å². The molecule has 0 aliphatic heterocycles. The van der Waals surface area contributed by atoms with Gasteiger partial charge in [-0.1, -0.05) is 17.3 Å². The maximum Gasteiger partial charge on any atom is 0.258 e. The minimum absolute atomic E-state index is 0.0364. The monoisotopic (exact) mass is 356 g/mol. The van der Waals surface area contributed by atoms with Crippen molar-refractivity contribution in [3.05, 3.63) is 48.2 Å². The minimum atomic E-state index is -2.54. The lowest BCUT2D eigenvalue weighted by Crippen LogP contribution is -2.09. The first-order valence-corrected chi connectivity index (χ1v) is 8.51. The number of aromatic nitrogens is 3. The third-order valence-corrected chi connectivity index (χ3v) is 4.74. The quantitative estimate of drug-likeness (QED) is 0.731. The van der Waals surface area contributed by atoms with Crippen molar-refractivity contribution in [3.63, 3.8) is 0 Å². The summed E-state index contributed by atoms with van der Waals surface area (Å²) in [4.78, 5) is 8.66. The number of anilines is 1.